The largest absolute Gasteiger partial charge is 0.494 e. The number of ether oxygens (including phenoxy) is 1. The Bertz CT molecular complexity index is 1460. The van der Waals surface area contributed by atoms with Gasteiger partial charge in [-0.3, -0.25) is 9.78 Å². The van der Waals surface area contributed by atoms with Crippen LogP contribution in [0.3, 0.4) is 0 Å². The molecule has 38 heavy (non-hydrogen) atoms. The number of carbonyl (C=O) groups excluding carboxylic acids is 1. The molecule has 7 nitrogen and oxygen atoms in total. The van der Waals surface area contributed by atoms with E-state index < -0.39 is 17.6 Å². The molecule has 2 aromatic carbocycles. The third-order valence-electron chi connectivity index (χ3n) is 6.63. The fourth-order valence-corrected chi connectivity index (χ4v) is 4.36. The Hall–Kier alpha value is -4.21. The van der Waals surface area contributed by atoms with Crippen LogP contribution >= 0.6 is 0 Å². The summed E-state index contributed by atoms with van der Waals surface area (Å²) in [5.74, 6) is 0.218. The Morgan fingerprint density at radius 2 is 2.00 bits per heavy atom. The average Bonchev–Trinajstić information content (AvgIpc) is 3.61. The lowest BCUT2D eigenvalue weighted by atomic mass is 10.0. The molecule has 2 heterocycles. The van der Waals surface area contributed by atoms with E-state index in [1.54, 1.807) is 47.5 Å². The van der Waals surface area contributed by atoms with E-state index >= 15 is 0 Å². The van der Waals surface area contributed by atoms with Gasteiger partial charge < -0.3 is 10.1 Å². The number of pyridine rings is 1. The quantitative estimate of drug-likeness (QED) is 0.296. The first-order chi connectivity index (χ1) is 18.2. The van der Waals surface area contributed by atoms with Crippen molar-refractivity contribution in [3.8, 4) is 22.7 Å². The molecule has 10 heteroatoms. The lowest BCUT2D eigenvalue weighted by Crippen LogP contribution is -2.16. The normalized spacial score (nSPS) is 13.4. The summed E-state index contributed by atoms with van der Waals surface area (Å²) in [7, 11) is 1.40. The summed E-state index contributed by atoms with van der Waals surface area (Å²) in [5.41, 5.74) is 2.70. The Morgan fingerprint density at radius 3 is 2.68 bits per heavy atom. The SMILES string of the molecule is COc1c(CCC2CC2)cc(C(F)(F)F)cc1NC(=O)c1ccc(C)c(-n2cc(-c3cccnc3)nn2)c1. The van der Waals surface area contributed by atoms with Gasteiger partial charge in [0.15, 0.2) is 0 Å². The van der Waals surface area contributed by atoms with E-state index in [-0.39, 0.29) is 17.0 Å². The van der Waals surface area contributed by atoms with E-state index in [0.717, 1.165) is 42.5 Å². The maximum atomic E-state index is 13.7. The number of anilines is 1. The number of aromatic nitrogens is 4. The zero-order chi connectivity index (χ0) is 26.9. The molecule has 1 amide bonds. The van der Waals surface area contributed by atoms with Gasteiger partial charge in [0.2, 0.25) is 0 Å². The Kier molecular flexibility index (Phi) is 6.88. The van der Waals surface area contributed by atoms with Crippen LogP contribution in [0.25, 0.3) is 16.9 Å². The lowest BCUT2D eigenvalue weighted by molar-refractivity contribution is -0.137. The Labute approximate surface area is 217 Å². The molecule has 1 N–H and O–H groups in total. The first-order valence-corrected chi connectivity index (χ1v) is 12.3. The van der Waals surface area contributed by atoms with E-state index in [4.69, 9.17) is 4.74 Å². The van der Waals surface area contributed by atoms with E-state index in [1.807, 2.05) is 13.0 Å². The highest BCUT2D eigenvalue weighted by molar-refractivity contribution is 6.05. The summed E-state index contributed by atoms with van der Waals surface area (Å²) < 4.78 is 48.1. The van der Waals surface area contributed by atoms with Gasteiger partial charge in [0, 0.05) is 23.5 Å². The van der Waals surface area contributed by atoms with Gasteiger partial charge in [-0.2, -0.15) is 13.2 Å². The van der Waals surface area contributed by atoms with Crippen LogP contribution in [0.4, 0.5) is 18.9 Å². The first-order valence-electron chi connectivity index (χ1n) is 12.3. The van der Waals surface area contributed by atoms with Crippen molar-refractivity contribution in [1.82, 2.24) is 20.0 Å². The second-order valence-corrected chi connectivity index (χ2v) is 9.44. The molecule has 0 spiro atoms. The molecule has 1 aliphatic rings. The number of nitrogens with one attached hydrogen (secondary N) is 1. The van der Waals surface area contributed by atoms with Crippen LogP contribution in [-0.2, 0) is 12.6 Å². The topological polar surface area (TPSA) is 81.9 Å². The molecule has 0 radical (unpaired) electrons. The van der Waals surface area contributed by atoms with Crippen molar-refractivity contribution in [3.05, 3.63) is 83.3 Å². The second kappa shape index (κ2) is 10.3. The van der Waals surface area contributed by atoms with Gasteiger partial charge in [0.25, 0.3) is 5.91 Å². The monoisotopic (exact) mass is 521 g/mol. The highest BCUT2D eigenvalue weighted by atomic mass is 19.4. The third kappa shape index (κ3) is 5.53. The Balaban J connectivity index is 1.45. The van der Waals surface area contributed by atoms with Crippen molar-refractivity contribution in [3.63, 3.8) is 0 Å². The fraction of sp³-hybridized carbons (Fsp3) is 0.286. The molecular weight excluding hydrogens is 495 g/mol. The summed E-state index contributed by atoms with van der Waals surface area (Å²) in [6.07, 6.45) is 3.92. The molecule has 2 aromatic heterocycles. The van der Waals surface area contributed by atoms with Gasteiger partial charge in [-0.1, -0.05) is 24.1 Å². The van der Waals surface area contributed by atoms with Crippen LogP contribution in [-0.4, -0.2) is 33.0 Å². The number of hydrogen-bond acceptors (Lipinski definition) is 5. The van der Waals surface area contributed by atoms with Crippen molar-refractivity contribution < 1.29 is 22.7 Å². The highest BCUT2D eigenvalue weighted by Crippen LogP contribution is 2.41. The predicted molar refractivity (Wildman–Crippen MR) is 136 cm³/mol. The lowest BCUT2D eigenvalue weighted by Gasteiger charge is -2.18. The number of hydrogen-bond donors (Lipinski definition) is 1. The minimum Gasteiger partial charge on any atom is -0.494 e. The number of rotatable bonds is 8. The number of halogens is 3. The van der Waals surface area contributed by atoms with Crippen molar-refractivity contribution in [2.24, 2.45) is 5.92 Å². The number of benzene rings is 2. The standard InChI is InChI=1S/C28H26F3N5O2/c1-17-5-9-20(13-25(17)36-16-24(34-35-36)21-4-3-11-32-15-21)27(37)33-23-14-22(28(29,30)31)12-19(26(23)38-2)10-8-18-6-7-18/h3-5,9,11-16,18H,6-8,10H2,1-2H3,(H,33,37). The summed E-state index contributed by atoms with van der Waals surface area (Å²) in [6.45, 7) is 1.87. The fourth-order valence-electron chi connectivity index (χ4n) is 4.36. The smallest absolute Gasteiger partial charge is 0.416 e. The number of carbonyl (C=O) groups is 1. The minimum atomic E-state index is -4.56. The van der Waals surface area contributed by atoms with Gasteiger partial charge in [0.05, 0.1) is 30.2 Å². The molecule has 5 rings (SSSR count). The average molecular weight is 522 g/mol. The first kappa shape index (κ1) is 25.4. The number of methoxy groups -OCH3 is 1. The van der Waals surface area contributed by atoms with Crippen molar-refractivity contribution in [1.29, 1.82) is 0 Å². The molecule has 1 fully saturated rings. The van der Waals surface area contributed by atoms with Crippen LogP contribution in [0, 0.1) is 12.8 Å². The molecule has 0 saturated heterocycles. The van der Waals surface area contributed by atoms with Gasteiger partial charge in [-0.05, 0) is 73.2 Å². The molecule has 0 atom stereocenters. The molecule has 0 bridgehead atoms. The second-order valence-electron chi connectivity index (χ2n) is 9.44. The molecule has 1 aliphatic carbocycles. The van der Waals surface area contributed by atoms with Gasteiger partial charge in [-0.25, -0.2) is 4.68 Å². The summed E-state index contributed by atoms with van der Waals surface area (Å²) >= 11 is 0. The number of amides is 1. The minimum absolute atomic E-state index is 0.0140. The molecule has 0 aliphatic heterocycles. The van der Waals surface area contributed by atoms with Crippen LogP contribution in [0.1, 0.15) is 46.3 Å². The highest BCUT2D eigenvalue weighted by Gasteiger charge is 2.33. The summed E-state index contributed by atoms with van der Waals surface area (Å²) in [5, 5.41) is 11.0. The zero-order valence-corrected chi connectivity index (χ0v) is 20.9. The summed E-state index contributed by atoms with van der Waals surface area (Å²) in [4.78, 5) is 17.3. The van der Waals surface area contributed by atoms with Crippen molar-refractivity contribution >= 4 is 11.6 Å². The summed E-state index contributed by atoms with van der Waals surface area (Å²) in [6, 6.07) is 10.7. The van der Waals surface area contributed by atoms with Crippen LogP contribution in [0.2, 0.25) is 0 Å². The maximum Gasteiger partial charge on any atom is 0.416 e. The van der Waals surface area contributed by atoms with Crippen molar-refractivity contribution in [2.75, 3.05) is 12.4 Å². The molecular formula is C28H26F3N5O2. The van der Waals surface area contributed by atoms with Crippen molar-refractivity contribution in [2.45, 2.75) is 38.8 Å². The van der Waals surface area contributed by atoms with Crippen LogP contribution < -0.4 is 10.1 Å². The third-order valence-corrected chi connectivity index (χ3v) is 6.63. The zero-order valence-electron chi connectivity index (χ0n) is 20.9. The van der Waals surface area contributed by atoms with Gasteiger partial charge in [-0.15, -0.1) is 5.10 Å². The van der Waals surface area contributed by atoms with Gasteiger partial charge >= 0.3 is 6.18 Å². The van der Waals surface area contributed by atoms with E-state index in [9.17, 15) is 18.0 Å². The van der Waals surface area contributed by atoms with E-state index in [2.05, 4.69) is 20.6 Å². The van der Waals surface area contributed by atoms with Crippen LogP contribution in [0.5, 0.6) is 5.75 Å². The Morgan fingerprint density at radius 1 is 1.18 bits per heavy atom. The number of aryl methyl sites for hydroxylation is 2. The maximum absolute atomic E-state index is 13.7. The predicted octanol–water partition coefficient (Wildman–Crippen LogP) is 6.26. The molecule has 0 unspecified atom stereocenters. The van der Waals surface area contributed by atoms with Gasteiger partial charge in [0.1, 0.15) is 11.4 Å². The van der Waals surface area contributed by atoms with Crippen LogP contribution in [0.15, 0.2) is 61.1 Å². The number of alkyl halides is 3. The number of nitrogens with zero attached hydrogens (tertiary/aromatic N) is 4. The van der Waals surface area contributed by atoms with E-state index in [0.29, 0.717) is 29.3 Å². The molecule has 196 valence electrons. The molecule has 4 aromatic rings. The van der Waals surface area contributed by atoms with E-state index in [1.165, 1.54) is 7.11 Å². The molecule has 1 saturated carbocycles.